The zero-order valence-electron chi connectivity index (χ0n) is 40.8. The van der Waals surface area contributed by atoms with Gasteiger partial charge in [0.2, 0.25) is 0 Å². The van der Waals surface area contributed by atoms with Crippen LogP contribution in [0.15, 0.2) is 170 Å². The maximum absolute atomic E-state index is 7.18. The average Bonchev–Trinajstić information content (AvgIpc) is 3.87. The summed E-state index contributed by atoms with van der Waals surface area (Å²) in [5.74, 6) is 2.08. The average molecular weight is 1070 g/mol. The number of pyridine rings is 1. The van der Waals surface area contributed by atoms with Gasteiger partial charge in [0, 0.05) is 66.8 Å². The maximum Gasteiger partial charge on any atom is 0.135 e. The predicted octanol–water partition coefficient (Wildman–Crippen LogP) is 16.2. The Bertz CT molecular complexity index is 3280. The normalized spacial score (nSPS) is 13.2. The Kier molecular flexibility index (Phi) is 12.1. The zero-order valence-corrected chi connectivity index (χ0v) is 43.0. The molecule has 0 radical (unpaired) electrons. The number of hydrogen-bond acceptors (Lipinski definition) is 4. The molecule has 346 valence electrons. The van der Waals surface area contributed by atoms with E-state index in [-0.39, 0.29) is 37.3 Å². The quantitative estimate of drug-likeness (QED) is 0.135. The summed E-state index contributed by atoms with van der Waals surface area (Å²) < 4.78 is 9.45. The second-order valence-electron chi connectivity index (χ2n) is 21.1. The molecule has 0 atom stereocenters. The molecule has 0 amide bonds. The molecule has 0 unspecified atom stereocenters. The topological polar surface area (TPSA) is 33.5 Å². The van der Waals surface area contributed by atoms with Crippen molar-refractivity contribution in [2.75, 3.05) is 9.80 Å². The molecule has 6 heteroatoms. The van der Waals surface area contributed by atoms with Crippen LogP contribution in [0.2, 0.25) is 0 Å². The predicted molar refractivity (Wildman–Crippen MR) is 279 cm³/mol. The summed E-state index contributed by atoms with van der Waals surface area (Å²) in [5, 5.41) is 2.21. The van der Waals surface area contributed by atoms with Gasteiger partial charge in [-0.3, -0.25) is 0 Å². The number of ether oxygens (including phenoxy) is 1. The van der Waals surface area contributed by atoms with Gasteiger partial charge in [-0.25, -0.2) is 4.98 Å². The fraction of sp³-hybridized carbons (Fsp3) is 0.226. The van der Waals surface area contributed by atoms with Crippen molar-refractivity contribution in [3.8, 4) is 17.3 Å². The molecule has 10 rings (SSSR count). The van der Waals surface area contributed by atoms with Crippen LogP contribution in [0.3, 0.4) is 0 Å². The van der Waals surface area contributed by atoms with Crippen molar-refractivity contribution >= 4 is 44.6 Å². The third-order valence-corrected chi connectivity index (χ3v) is 13.9. The number of aromatic nitrogens is 2. The van der Waals surface area contributed by atoms with Gasteiger partial charge in [-0.2, -0.15) is 12.1 Å². The van der Waals surface area contributed by atoms with Crippen LogP contribution < -0.4 is 14.5 Å². The van der Waals surface area contributed by atoms with Gasteiger partial charge in [0.05, 0.1) is 0 Å². The Balaban J connectivity index is 0.00000578. The second-order valence-corrected chi connectivity index (χ2v) is 21.1. The molecule has 0 aliphatic carbocycles. The van der Waals surface area contributed by atoms with Crippen LogP contribution in [-0.4, -0.2) is 9.55 Å². The Labute approximate surface area is 417 Å². The van der Waals surface area contributed by atoms with E-state index in [0.29, 0.717) is 11.5 Å². The van der Waals surface area contributed by atoms with E-state index in [2.05, 4.69) is 260 Å². The van der Waals surface area contributed by atoms with E-state index >= 15 is 0 Å². The van der Waals surface area contributed by atoms with Gasteiger partial charge < -0.3 is 19.1 Å². The number of nitrogens with zero attached hydrogens (tertiary/aromatic N) is 4. The summed E-state index contributed by atoms with van der Waals surface area (Å²) in [4.78, 5) is 9.54. The molecule has 2 aromatic heterocycles. The molecule has 1 aliphatic heterocycles. The summed E-state index contributed by atoms with van der Waals surface area (Å²) in [7, 11) is 0. The zero-order chi connectivity index (χ0) is 46.9. The number of rotatable bonds is 9. The van der Waals surface area contributed by atoms with Crippen LogP contribution in [0, 0.1) is 18.8 Å². The summed E-state index contributed by atoms with van der Waals surface area (Å²) in [6, 6.07) is 66.2. The first-order valence-electron chi connectivity index (χ1n) is 23.5. The van der Waals surface area contributed by atoms with Gasteiger partial charge >= 0.3 is 0 Å². The van der Waals surface area contributed by atoms with E-state index in [4.69, 9.17) is 9.72 Å². The Morgan fingerprint density at radius 3 is 1.78 bits per heavy atom. The number of anilines is 4. The monoisotopic (exact) mass is 1070 g/mol. The maximum atomic E-state index is 7.18. The summed E-state index contributed by atoms with van der Waals surface area (Å²) in [5.41, 5.74) is 12.6. The van der Waals surface area contributed by atoms with Gasteiger partial charge in [-0.05, 0) is 91.9 Å². The fourth-order valence-electron chi connectivity index (χ4n) is 9.57. The minimum atomic E-state index is -0.421. The Morgan fingerprint density at radius 2 is 1.10 bits per heavy atom. The molecule has 0 saturated carbocycles. The molecule has 68 heavy (non-hydrogen) atoms. The Hall–Kier alpha value is -6.42. The molecular weight excluding hydrogens is 1010 g/mol. The number of hydrogen-bond donors (Lipinski definition) is 0. The summed E-state index contributed by atoms with van der Waals surface area (Å²) in [6.07, 6.45) is 1.93. The van der Waals surface area contributed by atoms with Crippen LogP contribution >= 0.6 is 0 Å². The van der Waals surface area contributed by atoms with Gasteiger partial charge in [-0.15, -0.1) is 47.6 Å². The van der Waals surface area contributed by atoms with Crippen molar-refractivity contribution in [2.45, 2.75) is 90.9 Å². The first kappa shape index (κ1) is 46.7. The molecule has 3 heterocycles. The van der Waals surface area contributed by atoms with E-state index in [0.717, 1.165) is 55.9 Å². The van der Waals surface area contributed by atoms with Gasteiger partial charge in [0.25, 0.3) is 0 Å². The summed E-state index contributed by atoms with van der Waals surface area (Å²) in [6.45, 7) is 24.8. The van der Waals surface area contributed by atoms with Crippen LogP contribution in [-0.2, 0) is 42.7 Å². The van der Waals surface area contributed by atoms with E-state index in [9.17, 15) is 0 Å². The minimum absolute atomic E-state index is 0. The third-order valence-electron chi connectivity index (χ3n) is 13.9. The molecule has 0 bridgehead atoms. The van der Waals surface area contributed by atoms with Gasteiger partial charge in [0.15, 0.2) is 0 Å². The van der Waals surface area contributed by atoms with Crippen molar-refractivity contribution < 1.29 is 25.8 Å². The van der Waals surface area contributed by atoms with Crippen molar-refractivity contribution in [3.63, 3.8) is 0 Å². The number of benzene rings is 7. The molecular formula is C62H59N4OPt-3. The van der Waals surface area contributed by atoms with Gasteiger partial charge in [-0.1, -0.05) is 172 Å². The van der Waals surface area contributed by atoms with E-state index in [1.54, 1.807) is 0 Å². The molecule has 0 saturated heterocycles. The van der Waals surface area contributed by atoms with E-state index < -0.39 is 5.41 Å². The van der Waals surface area contributed by atoms with Crippen molar-refractivity contribution in [2.24, 2.45) is 0 Å². The second kappa shape index (κ2) is 17.6. The third kappa shape index (κ3) is 8.45. The van der Waals surface area contributed by atoms with Gasteiger partial charge in [0.1, 0.15) is 5.82 Å². The molecule has 1 aliphatic rings. The van der Waals surface area contributed by atoms with Crippen molar-refractivity contribution in [1.29, 1.82) is 0 Å². The van der Waals surface area contributed by atoms with Crippen molar-refractivity contribution in [3.05, 3.63) is 222 Å². The molecule has 0 spiro atoms. The first-order chi connectivity index (χ1) is 32.0. The molecule has 0 fully saturated rings. The SMILES string of the molecule is CC(C)(C)c1cccc(N2[CH-]N(c3[c-]c(Oc4[c-]c5c(cc4)c4ccc(C(C)(C)c6ccccc6)cc4n5-c4cc(C(C)(C)C)ccn4)c(C(C)(C)c4ccccc4)cc3)c3ccccc32)c1.[Pt]. The minimum Gasteiger partial charge on any atom is -0.509 e. The smallest absolute Gasteiger partial charge is 0.135 e. The molecule has 7 aromatic carbocycles. The van der Waals surface area contributed by atoms with Crippen LogP contribution in [0.25, 0.3) is 27.6 Å². The van der Waals surface area contributed by atoms with Crippen LogP contribution in [0.1, 0.15) is 103 Å². The van der Waals surface area contributed by atoms with Crippen molar-refractivity contribution in [1.82, 2.24) is 9.55 Å². The largest absolute Gasteiger partial charge is 0.509 e. The Morgan fingerprint density at radius 1 is 0.500 bits per heavy atom. The van der Waals surface area contributed by atoms with Crippen LogP contribution in [0.4, 0.5) is 22.7 Å². The first-order valence-corrected chi connectivity index (χ1v) is 23.5. The molecule has 0 N–H and O–H groups in total. The molecule has 5 nitrogen and oxygen atoms in total. The standard InChI is InChI=1S/C62H59N4O.Pt/c1-59(2,3)44-24-19-25-47(36-44)64-41-65(54-27-18-17-26-53(54)64)48-29-33-52(62(9,10)43-22-15-12-16-23-43)57(39-48)67-49-30-32-51-50-31-28-46(61(7,8)42-20-13-11-14-21-42)37-55(50)66(56(51)40-49)58-38-45(34-35-63-58)60(4,5)6;/h11-38,41H,1-10H3;/q-3;. The van der Waals surface area contributed by atoms with Crippen LogP contribution in [0.5, 0.6) is 11.5 Å². The summed E-state index contributed by atoms with van der Waals surface area (Å²) >= 11 is 0. The number of fused-ring (bicyclic) bond motifs is 4. The van der Waals surface area contributed by atoms with E-state index in [1.165, 1.54) is 27.8 Å². The fourth-order valence-corrected chi connectivity index (χ4v) is 9.57. The molecule has 9 aromatic rings. The number of para-hydroxylation sites is 2. The van der Waals surface area contributed by atoms with E-state index in [1.807, 2.05) is 12.3 Å².